The number of hydrogen-bond donors (Lipinski definition) is 2. The highest BCUT2D eigenvalue weighted by molar-refractivity contribution is 5.43. The number of rotatable bonds is 8. The minimum absolute atomic E-state index is 0.189. The van der Waals surface area contributed by atoms with Crippen molar-refractivity contribution in [3.8, 4) is 11.4 Å². The van der Waals surface area contributed by atoms with Crippen molar-refractivity contribution in [2.75, 3.05) is 6.61 Å². The molecular weight excluding hydrogens is 464 g/mol. The van der Waals surface area contributed by atoms with Gasteiger partial charge in [-0.15, -0.1) is 6.58 Å². The van der Waals surface area contributed by atoms with Crippen molar-refractivity contribution in [1.82, 2.24) is 19.6 Å². The molecule has 0 fully saturated rings. The van der Waals surface area contributed by atoms with E-state index < -0.39 is 5.92 Å². The van der Waals surface area contributed by atoms with Gasteiger partial charge in [0, 0.05) is 34.4 Å². The Labute approximate surface area is 215 Å². The summed E-state index contributed by atoms with van der Waals surface area (Å²) in [6.07, 6.45) is 9.23. The van der Waals surface area contributed by atoms with Gasteiger partial charge < -0.3 is 4.74 Å². The lowest BCUT2D eigenvalue weighted by Gasteiger charge is -2.31. The number of aromatic amines is 2. The summed E-state index contributed by atoms with van der Waals surface area (Å²) in [5.74, 6) is -0.846. The lowest BCUT2D eigenvalue weighted by atomic mass is 9.76. The molecule has 2 aromatic heterocycles. The molecule has 37 heavy (non-hydrogen) atoms. The number of hydrogen-bond acceptors (Lipinski definition) is 3. The Kier molecular flexibility index (Phi) is 6.79. The molecule has 0 unspecified atom stereocenters. The van der Waals surface area contributed by atoms with Crippen molar-refractivity contribution < 1.29 is 4.74 Å². The van der Waals surface area contributed by atoms with E-state index in [1.807, 2.05) is 98.8 Å². The van der Waals surface area contributed by atoms with Gasteiger partial charge in [0.05, 0.1) is 24.1 Å². The lowest BCUT2D eigenvalue weighted by molar-refractivity contribution is 0.0725. The quantitative estimate of drug-likeness (QED) is 0.348. The van der Waals surface area contributed by atoms with Gasteiger partial charge in [-0.2, -0.15) is 0 Å². The average Bonchev–Trinajstić information content (AvgIpc) is 3.39. The molecule has 0 radical (unpaired) electrons. The summed E-state index contributed by atoms with van der Waals surface area (Å²) >= 11 is 0. The fourth-order valence-electron chi connectivity index (χ4n) is 5.15. The molecule has 1 aliphatic rings. The van der Waals surface area contributed by atoms with E-state index in [2.05, 4.69) is 16.8 Å². The molecule has 2 aromatic carbocycles. The maximum atomic E-state index is 14.0. The van der Waals surface area contributed by atoms with Crippen LogP contribution in [-0.2, 0) is 4.74 Å². The van der Waals surface area contributed by atoms with Crippen LogP contribution in [0.25, 0.3) is 11.4 Å². The highest BCUT2D eigenvalue weighted by Crippen LogP contribution is 2.37. The molecule has 188 valence electrons. The van der Waals surface area contributed by atoms with Crippen molar-refractivity contribution in [1.29, 1.82) is 0 Å². The van der Waals surface area contributed by atoms with Gasteiger partial charge in [0.25, 0.3) is 11.1 Å². The highest BCUT2D eigenvalue weighted by atomic mass is 16.5. The Hall–Kier alpha value is -4.36. The Bertz CT molecular complexity index is 1470. The van der Waals surface area contributed by atoms with E-state index >= 15 is 0 Å². The number of benzene rings is 2. The van der Waals surface area contributed by atoms with Crippen molar-refractivity contribution in [3.05, 3.63) is 141 Å². The van der Waals surface area contributed by atoms with Crippen LogP contribution in [0.15, 0.2) is 107 Å². The molecule has 1 aliphatic carbocycles. The van der Waals surface area contributed by atoms with Gasteiger partial charge in [0.1, 0.15) is 0 Å². The Morgan fingerprint density at radius 1 is 0.838 bits per heavy atom. The SMILES string of the molecule is C=CCO[C@H]1C=CC=C[C@@H]1C(c1c(C)[nH]n(-c2ccccc2)c1=O)c1c(C)[nH]n(-c2ccccc2)c1=O. The van der Waals surface area contributed by atoms with E-state index in [1.165, 1.54) is 9.36 Å². The van der Waals surface area contributed by atoms with Crippen LogP contribution in [0.2, 0.25) is 0 Å². The number of H-pyrrole nitrogens is 2. The molecule has 2 N–H and O–H groups in total. The van der Waals surface area contributed by atoms with Crippen LogP contribution in [0.1, 0.15) is 28.4 Å². The Morgan fingerprint density at radius 2 is 1.32 bits per heavy atom. The minimum atomic E-state index is -0.557. The molecule has 2 heterocycles. The number of aromatic nitrogens is 4. The van der Waals surface area contributed by atoms with Crippen LogP contribution in [-0.4, -0.2) is 32.3 Å². The second-order valence-corrected chi connectivity index (χ2v) is 9.16. The van der Waals surface area contributed by atoms with Crippen LogP contribution in [0.4, 0.5) is 0 Å². The van der Waals surface area contributed by atoms with Crippen LogP contribution in [0.5, 0.6) is 0 Å². The fourth-order valence-corrected chi connectivity index (χ4v) is 5.15. The normalized spacial score (nSPS) is 16.9. The number of nitrogens with one attached hydrogen (secondary N) is 2. The van der Waals surface area contributed by atoms with Crippen LogP contribution >= 0.6 is 0 Å². The molecule has 7 nitrogen and oxygen atoms in total. The molecule has 2 atom stereocenters. The summed E-state index contributed by atoms with van der Waals surface area (Å²) in [7, 11) is 0. The Morgan fingerprint density at radius 3 is 1.81 bits per heavy atom. The molecule has 4 aromatic rings. The number of nitrogens with zero attached hydrogens (tertiary/aromatic N) is 2. The monoisotopic (exact) mass is 494 g/mol. The summed E-state index contributed by atoms with van der Waals surface area (Å²) in [4.78, 5) is 28.0. The van der Waals surface area contributed by atoms with E-state index in [9.17, 15) is 9.59 Å². The molecule has 5 rings (SSSR count). The predicted molar refractivity (Wildman–Crippen MR) is 146 cm³/mol. The zero-order valence-electron chi connectivity index (χ0n) is 20.9. The third kappa shape index (κ3) is 4.49. The van der Waals surface area contributed by atoms with Gasteiger partial charge in [0.15, 0.2) is 0 Å². The first-order chi connectivity index (χ1) is 18.0. The second kappa shape index (κ2) is 10.3. The molecule has 0 aliphatic heterocycles. The Balaban J connectivity index is 1.73. The fraction of sp³-hybridized carbons (Fsp3) is 0.200. The second-order valence-electron chi connectivity index (χ2n) is 9.16. The third-order valence-electron chi connectivity index (χ3n) is 6.80. The largest absolute Gasteiger partial charge is 0.369 e. The smallest absolute Gasteiger partial charge is 0.275 e. The third-order valence-corrected chi connectivity index (χ3v) is 6.80. The summed E-state index contributed by atoms with van der Waals surface area (Å²) in [6, 6.07) is 18.9. The van der Waals surface area contributed by atoms with Crippen molar-refractivity contribution in [2.45, 2.75) is 25.9 Å². The first-order valence-corrected chi connectivity index (χ1v) is 12.3. The van der Waals surface area contributed by atoms with Gasteiger partial charge in [-0.05, 0) is 38.1 Å². The molecule has 0 saturated carbocycles. The number of allylic oxidation sites excluding steroid dienone is 2. The molecule has 0 saturated heterocycles. The van der Waals surface area contributed by atoms with Crippen molar-refractivity contribution >= 4 is 0 Å². The first kappa shape index (κ1) is 24.3. The van der Waals surface area contributed by atoms with E-state index in [4.69, 9.17) is 4.74 Å². The van der Waals surface area contributed by atoms with Gasteiger partial charge in [-0.1, -0.05) is 66.8 Å². The zero-order valence-corrected chi connectivity index (χ0v) is 20.9. The van der Waals surface area contributed by atoms with Gasteiger partial charge in [0.2, 0.25) is 0 Å². The summed E-state index contributed by atoms with van der Waals surface area (Å²) in [5.41, 5.74) is 3.57. The van der Waals surface area contributed by atoms with E-state index in [-0.39, 0.29) is 23.1 Å². The molecule has 0 bridgehead atoms. The first-order valence-electron chi connectivity index (χ1n) is 12.3. The van der Waals surface area contributed by atoms with E-state index in [0.717, 1.165) is 11.4 Å². The van der Waals surface area contributed by atoms with Crippen molar-refractivity contribution in [2.24, 2.45) is 5.92 Å². The van der Waals surface area contributed by atoms with Crippen LogP contribution < -0.4 is 11.1 Å². The zero-order chi connectivity index (χ0) is 25.9. The van der Waals surface area contributed by atoms with Gasteiger partial charge in [-0.3, -0.25) is 19.8 Å². The molecule has 0 amide bonds. The summed E-state index contributed by atoms with van der Waals surface area (Å²) in [5, 5.41) is 6.48. The molecular formula is C30H30N4O3. The van der Waals surface area contributed by atoms with Crippen LogP contribution in [0.3, 0.4) is 0 Å². The predicted octanol–water partition coefficient (Wildman–Crippen LogP) is 4.71. The average molecular weight is 495 g/mol. The summed E-state index contributed by atoms with van der Waals surface area (Å²) < 4.78 is 9.19. The number of para-hydroxylation sites is 2. The maximum Gasteiger partial charge on any atom is 0.275 e. The van der Waals surface area contributed by atoms with Gasteiger partial charge >= 0.3 is 0 Å². The lowest BCUT2D eigenvalue weighted by Crippen LogP contribution is -2.34. The number of aryl methyl sites for hydroxylation is 2. The van der Waals surface area contributed by atoms with E-state index in [0.29, 0.717) is 29.1 Å². The van der Waals surface area contributed by atoms with Crippen molar-refractivity contribution in [3.63, 3.8) is 0 Å². The van der Waals surface area contributed by atoms with Gasteiger partial charge in [-0.25, -0.2) is 9.36 Å². The van der Waals surface area contributed by atoms with Crippen LogP contribution in [0, 0.1) is 19.8 Å². The number of ether oxygens (including phenoxy) is 1. The topological polar surface area (TPSA) is 84.8 Å². The molecule has 0 spiro atoms. The van der Waals surface area contributed by atoms with E-state index in [1.54, 1.807) is 6.08 Å². The molecule has 7 heteroatoms. The maximum absolute atomic E-state index is 14.0. The standard InChI is InChI=1S/C30H30N4O3/c1-4-19-37-25-18-12-11-17-24(25)28(26-20(2)31-33(29(26)35)22-13-7-5-8-14-22)27-21(3)32-34(30(27)36)23-15-9-6-10-16-23/h4-18,24-25,28,31-32H,1,19H2,2-3H3/t24-,25-/m0/s1. The highest BCUT2D eigenvalue weighted by Gasteiger charge is 2.38. The summed E-state index contributed by atoms with van der Waals surface area (Å²) in [6.45, 7) is 7.89. The minimum Gasteiger partial charge on any atom is -0.369 e.